The molecule has 0 unspecified atom stereocenters. The molecule has 2 aromatic carbocycles. The fourth-order valence-corrected chi connectivity index (χ4v) is 4.71. The normalized spacial score (nSPS) is 14.3. The summed E-state index contributed by atoms with van der Waals surface area (Å²) in [5.41, 5.74) is 4.30. The lowest BCUT2D eigenvalue weighted by Gasteiger charge is -2.15. The average Bonchev–Trinajstić information content (AvgIpc) is 3.37. The maximum atomic E-state index is 12.9. The summed E-state index contributed by atoms with van der Waals surface area (Å²) in [6, 6.07) is 18.4. The van der Waals surface area contributed by atoms with Gasteiger partial charge in [0.2, 0.25) is 0 Å². The Hall–Kier alpha value is -2.50. The zero-order valence-electron chi connectivity index (χ0n) is 16.2. The van der Waals surface area contributed by atoms with Crippen LogP contribution in [-0.4, -0.2) is 24.0 Å². The summed E-state index contributed by atoms with van der Waals surface area (Å²) >= 11 is 1.46. The third-order valence-electron chi connectivity index (χ3n) is 5.30. The standard InChI is InChI=1S/C23H25N3OS/c1-17-25-21(18-9-3-2-4-10-18)22(28-17)23(27)24-15-19-11-5-6-12-20(19)16-26-13-7-8-14-26/h2-6,9-12H,7-8,13-16H2,1H3,(H,24,27)/p+1. The van der Waals surface area contributed by atoms with Crippen LogP contribution >= 0.6 is 11.3 Å². The van der Waals surface area contributed by atoms with Gasteiger partial charge in [0.1, 0.15) is 11.4 Å². The molecule has 0 saturated carbocycles. The minimum atomic E-state index is -0.0484. The van der Waals surface area contributed by atoms with Crippen LogP contribution in [0.25, 0.3) is 11.3 Å². The number of benzene rings is 2. The second-order valence-electron chi connectivity index (χ2n) is 7.36. The second-order valence-corrected chi connectivity index (χ2v) is 8.57. The summed E-state index contributed by atoms with van der Waals surface area (Å²) in [5, 5.41) is 4.03. The highest BCUT2D eigenvalue weighted by atomic mass is 32.1. The van der Waals surface area contributed by atoms with E-state index in [9.17, 15) is 4.79 Å². The Morgan fingerprint density at radius 3 is 2.46 bits per heavy atom. The van der Waals surface area contributed by atoms with Gasteiger partial charge in [-0.3, -0.25) is 4.79 Å². The Bertz CT molecular complexity index is 945. The van der Waals surface area contributed by atoms with Crippen molar-refractivity contribution >= 4 is 17.2 Å². The molecule has 5 heteroatoms. The van der Waals surface area contributed by atoms with Crippen LogP contribution in [-0.2, 0) is 13.1 Å². The van der Waals surface area contributed by atoms with Crippen molar-refractivity contribution in [1.29, 1.82) is 0 Å². The van der Waals surface area contributed by atoms with Crippen LogP contribution in [0.2, 0.25) is 0 Å². The Labute approximate surface area is 170 Å². The van der Waals surface area contributed by atoms with E-state index in [0.29, 0.717) is 11.4 Å². The van der Waals surface area contributed by atoms with E-state index in [1.165, 1.54) is 48.4 Å². The van der Waals surface area contributed by atoms with E-state index in [0.717, 1.165) is 22.8 Å². The van der Waals surface area contributed by atoms with Crippen molar-refractivity contribution in [2.45, 2.75) is 32.9 Å². The maximum absolute atomic E-state index is 12.9. The SMILES string of the molecule is Cc1nc(-c2ccccc2)c(C(=O)NCc2ccccc2C[NH+]2CCCC2)s1. The summed E-state index contributed by atoms with van der Waals surface area (Å²) in [5.74, 6) is -0.0484. The molecule has 1 fully saturated rings. The highest BCUT2D eigenvalue weighted by molar-refractivity contribution is 7.14. The van der Waals surface area contributed by atoms with Crippen LogP contribution in [0.1, 0.15) is 38.6 Å². The molecule has 2 N–H and O–H groups in total. The van der Waals surface area contributed by atoms with Crippen LogP contribution in [0.3, 0.4) is 0 Å². The molecule has 28 heavy (non-hydrogen) atoms. The number of aromatic nitrogens is 1. The fourth-order valence-electron chi connectivity index (χ4n) is 3.85. The summed E-state index contributed by atoms with van der Waals surface area (Å²) in [6.45, 7) is 6.04. The summed E-state index contributed by atoms with van der Waals surface area (Å²) in [4.78, 5) is 19.9. The van der Waals surface area contributed by atoms with Gasteiger partial charge < -0.3 is 10.2 Å². The van der Waals surface area contributed by atoms with Crippen molar-refractivity contribution < 1.29 is 9.69 Å². The molecule has 0 spiro atoms. The Morgan fingerprint density at radius 1 is 1.04 bits per heavy atom. The van der Waals surface area contributed by atoms with Gasteiger partial charge in [-0.2, -0.15) is 0 Å². The number of likely N-dealkylation sites (tertiary alicyclic amines) is 1. The molecule has 0 radical (unpaired) electrons. The predicted molar refractivity (Wildman–Crippen MR) is 114 cm³/mol. The molecule has 1 amide bonds. The van der Waals surface area contributed by atoms with Crippen LogP contribution in [0, 0.1) is 6.92 Å². The van der Waals surface area contributed by atoms with E-state index in [1.807, 2.05) is 37.3 Å². The van der Waals surface area contributed by atoms with Gasteiger partial charge >= 0.3 is 0 Å². The van der Waals surface area contributed by atoms with E-state index in [4.69, 9.17) is 0 Å². The first-order chi connectivity index (χ1) is 13.7. The van der Waals surface area contributed by atoms with Crippen LogP contribution < -0.4 is 10.2 Å². The second kappa shape index (κ2) is 8.67. The number of nitrogens with zero attached hydrogens (tertiary/aromatic N) is 1. The molecule has 1 aliphatic heterocycles. The van der Waals surface area contributed by atoms with Crippen molar-refractivity contribution in [2.75, 3.05) is 13.1 Å². The van der Waals surface area contributed by atoms with Crippen LogP contribution in [0.5, 0.6) is 0 Å². The van der Waals surface area contributed by atoms with Gasteiger partial charge in [-0.15, -0.1) is 11.3 Å². The molecular weight excluding hydrogens is 366 g/mol. The molecule has 1 aromatic heterocycles. The van der Waals surface area contributed by atoms with E-state index >= 15 is 0 Å². The van der Waals surface area contributed by atoms with Gasteiger partial charge in [0.05, 0.1) is 23.8 Å². The van der Waals surface area contributed by atoms with Gasteiger partial charge in [-0.25, -0.2) is 4.98 Å². The number of thiazole rings is 1. The number of hydrogen-bond acceptors (Lipinski definition) is 3. The third-order valence-corrected chi connectivity index (χ3v) is 6.27. The molecule has 1 aliphatic rings. The monoisotopic (exact) mass is 392 g/mol. The number of quaternary nitrogens is 1. The van der Waals surface area contributed by atoms with Crippen LogP contribution in [0.15, 0.2) is 54.6 Å². The fraction of sp³-hybridized carbons (Fsp3) is 0.304. The first-order valence-electron chi connectivity index (χ1n) is 9.92. The number of nitrogens with one attached hydrogen (secondary N) is 2. The molecule has 3 aromatic rings. The van der Waals surface area contributed by atoms with Crippen LogP contribution in [0.4, 0.5) is 0 Å². The summed E-state index contributed by atoms with van der Waals surface area (Å²) < 4.78 is 0. The van der Waals surface area contributed by atoms with Crippen molar-refractivity contribution in [3.63, 3.8) is 0 Å². The Morgan fingerprint density at radius 2 is 1.71 bits per heavy atom. The summed E-state index contributed by atoms with van der Waals surface area (Å²) in [7, 11) is 0. The highest BCUT2D eigenvalue weighted by Crippen LogP contribution is 2.28. The molecule has 2 heterocycles. The molecular formula is C23H26N3OS+. The minimum absolute atomic E-state index is 0.0484. The molecule has 0 aliphatic carbocycles. The van der Waals surface area contributed by atoms with E-state index < -0.39 is 0 Å². The number of carbonyl (C=O) groups is 1. The highest BCUT2D eigenvalue weighted by Gasteiger charge is 2.20. The Balaban J connectivity index is 1.49. The summed E-state index contributed by atoms with van der Waals surface area (Å²) in [6.07, 6.45) is 2.64. The lowest BCUT2D eigenvalue weighted by Crippen LogP contribution is -3.08. The first-order valence-corrected chi connectivity index (χ1v) is 10.7. The topological polar surface area (TPSA) is 46.4 Å². The maximum Gasteiger partial charge on any atom is 0.263 e. The van der Waals surface area contributed by atoms with E-state index in [1.54, 1.807) is 4.90 Å². The van der Waals surface area contributed by atoms with Gasteiger partial charge in [0.15, 0.2) is 0 Å². The van der Waals surface area contributed by atoms with Crippen molar-refractivity contribution in [3.05, 3.63) is 75.6 Å². The number of rotatable bonds is 6. The molecule has 0 bridgehead atoms. The van der Waals surface area contributed by atoms with Gasteiger partial charge in [0.25, 0.3) is 5.91 Å². The van der Waals surface area contributed by atoms with Gasteiger partial charge in [0, 0.05) is 30.5 Å². The lowest BCUT2D eigenvalue weighted by atomic mass is 10.1. The average molecular weight is 393 g/mol. The molecule has 4 nitrogen and oxygen atoms in total. The smallest absolute Gasteiger partial charge is 0.263 e. The van der Waals surface area contributed by atoms with E-state index in [-0.39, 0.29) is 5.91 Å². The zero-order chi connectivity index (χ0) is 19.3. The van der Waals surface area contributed by atoms with E-state index in [2.05, 4.69) is 34.6 Å². The third kappa shape index (κ3) is 4.32. The molecule has 4 rings (SSSR count). The number of carbonyl (C=O) groups excluding carboxylic acids is 1. The van der Waals surface area contributed by atoms with Gasteiger partial charge in [-0.1, -0.05) is 54.6 Å². The largest absolute Gasteiger partial charge is 0.347 e. The van der Waals surface area contributed by atoms with Crippen molar-refractivity contribution in [1.82, 2.24) is 10.3 Å². The molecule has 144 valence electrons. The quantitative estimate of drug-likeness (QED) is 0.677. The zero-order valence-corrected chi connectivity index (χ0v) is 17.0. The number of aryl methyl sites for hydroxylation is 1. The van der Waals surface area contributed by atoms with Gasteiger partial charge in [-0.05, 0) is 12.5 Å². The van der Waals surface area contributed by atoms with Crippen molar-refractivity contribution in [3.8, 4) is 11.3 Å². The first kappa shape index (κ1) is 18.8. The minimum Gasteiger partial charge on any atom is -0.347 e. The number of hydrogen-bond donors (Lipinski definition) is 2. The number of amides is 1. The molecule has 0 atom stereocenters. The lowest BCUT2D eigenvalue weighted by molar-refractivity contribution is -0.901. The Kier molecular flexibility index (Phi) is 5.84. The molecule has 1 saturated heterocycles. The van der Waals surface area contributed by atoms with Crippen molar-refractivity contribution in [2.24, 2.45) is 0 Å². The predicted octanol–water partition coefficient (Wildman–Crippen LogP) is 3.23.